The van der Waals surface area contributed by atoms with E-state index in [4.69, 9.17) is 32.4 Å². The third-order valence-electron chi connectivity index (χ3n) is 5.75. The van der Waals surface area contributed by atoms with E-state index in [0.717, 1.165) is 22.2 Å². The third-order valence-corrected chi connectivity index (χ3v) is 6.41. The Morgan fingerprint density at radius 1 is 0.970 bits per heavy atom. The molecule has 5 nitrogen and oxygen atoms in total. The fraction of sp³-hybridized carbons (Fsp3) is 0.154. The highest BCUT2D eigenvalue weighted by Gasteiger charge is 2.47. The highest BCUT2D eigenvalue weighted by Crippen LogP contribution is 2.42. The summed E-state index contributed by atoms with van der Waals surface area (Å²) in [5.74, 6) is 0.514. The number of β-lactam (4-membered cyclic amide) rings is 1. The number of carbonyl (C=O) groups excluding carboxylic acids is 1. The zero-order chi connectivity index (χ0) is 23.1. The molecule has 0 radical (unpaired) electrons. The molecule has 0 N–H and O–H groups in total. The first-order valence-electron chi connectivity index (χ1n) is 10.4. The van der Waals surface area contributed by atoms with Crippen LogP contribution in [-0.4, -0.2) is 11.3 Å². The number of carbonyl (C=O) groups is 1. The van der Waals surface area contributed by atoms with E-state index in [0.29, 0.717) is 21.9 Å². The van der Waals surface area contributed by atoms with E-state index >= 15 is 0 Å². The van der Waals surface area contributed by atoms with Crippen molar-refractivity contribution in [1.29, 1.82) is 0 Å². The first-order valence-corrected chi connectivity index (χ1v) is 11.2. The molecule has 1 fully saturated rings. The first-order chi connectivity index (χ1) is 15.9. The summed E-state index contributed by atoms with van der Waals surface area (Å²) in [6, 6.07) is 21.5. The van der Waals surface area contributed by atoms with Crippen molar-refractivity contribution >= 4 is 45.8 Å². The Morgan fingerprint density at radius 2 is 1.70 bits per heavy atom. The van der Waals surface area contributed by atoms with Gasteiger partial charge in [0, 0.05) is 27.7 Å². The van der Waals surface area contributed by atoms with Gasteiger partial charge in [-0.25, -0.2) is 4.79 Å². The SMILES string of the molecule is Cc1ccc(N2C(=O)[C@@H](Cl)[C@@H]2c2ccc(OCc3cc(=O)oc4ccc(Cl)cc34)cc2)cc1. The van der Waals surface area contributed by atoms with E-state index in [-0.39, 0.29) is 18.6 Å². The molecule has 1 saturated heterocycles. The lowest BCUT2D eigenvalue weighted by atomic mass is 9.92. The van der Waals surface area contributed by atoms with Gasteiger partial charge in [0.1, 0.15) is 23.3 Å². The lowest BCUT2D eigenvalue weighted by Crippen LogP contribution is -2.56. The number of halogens is 2. The average Bonchev–Trinajstić information content (AvgIpc) is 2.82. The van der Waals surface area contributed by atoms with Crippen LogP contribution in [0.25, 0.3) is 11.0 Å². The molecule has 1 aliphatic rings. The maximum Gasteiger partial charge on any atom is 0.336 e. The number of rotatable bonds is 5. The number of alkyl halides is 1. The third kappa shape index (κ3) is 4.10. The van der Waals surface area contributed by atoms with Gasteiger partial charge in [-0.05, 0) is 55.0 Å². The molecule has 166 valence electrons. The minimum absolute atomic E-state index is 0.112. The molecule has 1 aliphatic heterocycles. The second-order valence-electron chi connectivity index (χ2n) is 7.98. The molecular weight excluding hydrogens is 461 g/mol. The van der Waals surface area contributed by atoms with Crippen molar-refractivity contribution in [3.05, 3.63) is 105 Å². The summed E-state index contributed by atoms with van der Waals surface area (Å²) in [7, 11) is 0. The molecule has 0 saturated carbocycles. The van der Waals surface area contributed by atoms with Crippen LogP contribution in [0.4, 0.5) is 5.69 Å². The molecule has 2 heterocycles. The summed E-state index contributed by atoms with van der Waals surface area (Å²) < 4.78 is 11.1. The normalized spacial score (nSPS) is 17.8. The van der Waals surface area contributed by atoms with Crippen molar-refractivity contribution in [2.45, 2.75) is 24.9 Å². The Hall–Kier alpha value is -3.28. The summed E-state index contributed by atoms with van der Waals surface area (Å²) in [6.45, 7) is 2.18. The molecule has 7 heteroatoms. The zero-order valence-electron chi connectivity index (χ0n) is 17.6. The lowest BCUT2D eigenvalue weighted by Gasteiger charge is -2.44. The van der Waals surface area contributed by atoms with Crippen LogP contribution in [0.3, 0.4) is 0 Å². The van der Waals surface area contributed by atoms with E-state index in [1.54, 1.807) is 23.1 Å². The van der Waals surface area contributed by atoms with Crippen molar-refractivity contribution in [2.75, 3.05) is 4.90 Å². The predicted molar refractivity (Wildman–Crippen MR) is 129 cm³/mol. The molecular formula is C26H19Cl2NO4. The van der Waals surface area contributed by atoms with E-state index in [1.165, 1.54) is 6.07 Å². The maximum absolute atomic E-state index is 12.4. The van der Waals surface area contributed by atoms with Gasteiger partial charge in [-0.15, -0.1) is 11.6 Å². The van der Waals surface area contributed by atoms with Crippen LogP contribution in [0, 0.1) is 6.92 Å². The molecule has 0 bridgehead atoms. The molecule has 5 rings (SSSR count). The van der Waals surface area contributed by atoms with Gasteiger partial charge >= 0.3 is 5.63 Å². The highest BCUT2D eigenvalue weighted by atomic mass is 35.5. The fourth-order valence-electron chi connectivity index (χ4n) is 4.01. The number of amides is 1. The van der Waals surface area contributed by atoms with Crippen LogP contribution in [0.2, 0.25) is 5.02 Å². The Morgan fingerprint density at radius 3 is 2.42 bits per heavy atom. The van der Waals surface area contributed by atoms with Crippen LogP contribution in [0.5, 0.6) is 5.75 Å². The van der Waals surface area contributed by atoms with Crippen LogP contribution in [0.15, 0.2) is 82.0 Å². The topological polar surface area (TPSA) is 59.8 Å². The Bertz CT molecular complexity index is 1400. The summed E-state index contributed by atoms with van der Waals surface area (Å²) in [6.07, 6.45) is 0. The maximum atomic E-state index is 12.4. The fourth-order valence-corrected chi connectivity index (χ4v) is 4.54. The molecule has 0 spiro atoms. The van der Waals surface area contributed by atoms with Crippen LogP contribution in [0.1, 0.15) is 22.7 Å². The quantitative estimate of drug-likeness (QED) is 0.199. The smallest absolute Gasteiger partial charge is 0.336 e. The van der Waals surface area contributed by atoms with Gasteiger partial charge < -0.3 is 14.1 Å². The van der Waals surface area contributed by atoms with Gasteiger partial charge in [0.25, 0.3) is 0 Å². The summed E-state index contributed by atoms with van der Waals surface area (Å²) in [5, 5.41) is 0.661. The number of hydrogen-bond acceptors (Lipinski definition) is 4. The zero-order valence-corrected chi connectivity index (χ0v) is 19.1. The number of ether oxygens (including phenoxy) is 1. The number of fused-ring (bicyclic) bond motifs is 1. The van der Waals surface area contributed by atoms with Crippen molar-refractivity contribution in [3.63, 3.8) is 0 Å². The number of aryl methyl sites for hydroxylation is 1. The largest absolute Gasteiger partial charge is 0.489 e. The Labute approximate surface area is 200 Å². The van der Waals surface area contributed by atoms with Crippen molar-refractivity contribution < 1.29 is 13.9 Å². The molecule has 1 amide bonds. The van der Waals surface area contributed by atoms with Gasteiger partial charge in [-0.1, -0.05) is 41.4 Å². The second kappa shape index (κ2) is 8.58. The van der Waals surface area contributed by atoms with E-state index in [9.17, 15) is 9.59 Å². The van der Waals surface area contributed by atoms with Gasteiger partial charge in [-0.2, -0.15) is 0 Å². The van der Waals surface area contributed by atoms with Crippen molar-refractivity contribution in [1.82, 2.24) is 0 Å². The molecule has 4 aromatic rings. The van der Waals surface area contributed by atoms with Crippen molar-refractivity contribution in [3.8, 4) is 5.75 Å². The van der Waals surface area contributed by atoms with E-state index in [1.807, 2.05) is 55.5 Å². The van der Waals surface area contributed by atoms with E-state index < -0.39 is 11.0 Å². The minimum Gasteiger partial charge on any atom is -0.489 e. The standard InChI is InChI=1S/C26H19Cl2NO4/c1-15-2-7-19(8-3-15)29-25(24(28)26(29)31)16-4-9-20(10-5-16)32-14-17-12-23(30)33-22-11-6-18(27)13-21(17)22/h2-13,24-25H,14H2,1H3/t24-,25-/m0/s1. The second-order valence-corrected chi connectivity index (χ2v) is 8.89. The summed E-state index contributed by atoms with van der Waals surface area (Å²) >= 11 is 12.5. The molecule has 3 aromatic carbocycles. The Kier molecular flexibility index (Phi) is 5.60. The first kappa shape index (κ1) is 21.6. The summed E-state index contributed by atoms with van der Waals surface area (Å²) in [5.41, 5.74) is 3.56. The molecule has 2 atom stereocenters. The van der Waals surface area contributed by atoms with Crippen LogP contribution >= 0.6 is 23.2 Å². The molecule has 1 aromatic heterocycles. The monoisotopic (exact) mass is 479 g/mol. The number of nitrogens with zero attached hydrogens (tertiary/aromatic N) is 1. The number of anilines is 1. The number of benzene rings is 3. The molecule has 33 heavy (non-hydrogen) atoms. The minimum atomic E-state index is -0.613. The summed E-state index contributed by atoms with van der Waals surface area (Å²) in [4.78, 5) is 26.0. The van der Waals surface area contributed by atoms with Crippen molar-refractivity contribution in [2.24, 2.45) is 0 Å². The average molecular weight is 480 g/mol. The van der Waals surface area contributed by atoms with Gasteiger partial charge in [0.15, 0.2) is 0 Å². The lowest BCUT2D eigenvalue weighted by molar-refractivity contribution is -0.123. The van der Waals surface area contributed by atoms with E-state index in [2.05, 4.69) is 0 Å². The van der Waals surface area contributed by atoms with Gasteiger partial charge in [-0.3, -0.25) is 4.79 Å². The van der Waals surface area contributed by atoms with Gasteiger partial charge in [0.05, 0.1) is 6.04 Å². The highest BCUT2D eigenvalue weighted by molar-refractivity contribution is 6.37. The van der Waals surface area contributed by atoms with Crippen LogP contribution < -0.4 is 15.3 Å². The predicted octanol–water partition coefficient (Wildman–Crippen LogP) is 6.03. The van der Waals surface area contributed by atoms with Gasteiger partial charge in [0.2, 0.25) is 5.91 Å². The molecule has 0 aliphatic carbocycles. The van der Waals surface area contributed by atoms with Crippen LogP contribution in [-0.2, 0) is 11.4 Å². The Balaban J connectivity index is 1.35. The molecule has 0 unspecified atom stereocenters. The number of hydrogen-bond donors (Lipinski definition) is 0.